The van der Waals surface area contributed by atoms with Gasteiger partial charge in [0.2, 0.25) is 5.09 Å². The third kappa shape index (κ3) is 5.62. The van der Waals surface area contributed by atoms with Gasteiger partial charge in [-0.3, -0.25) is 0 Å². The van der Waals surface area contributed by atoms with Gasteiger partial charge in [-0.25, -0.2) is 13.1 Å². The first-order valence-electron chi connectivity index (χ1n) is 6.96. The highest BCUT2D eigenvalue weighted by atomic mass is 32.2. The molecule has 1 heterocycles. The molecular formula is C13H24N2O4S. The van der Waals surface area contributed by atoms with Crippen molar-refractivity contribution >= 4 is 10.0 Å². The van der Waals surface area contributed by atoms with Gasteiger partial charge in [-0.1, -0.05) is 13.8 Å². The molecule has 1 aromatic heterocycles. The van der Waals surface area contributed by atoms with Crippen LogP contribution in [0.4, 0.5) is 0 Å². The largest absolute Gasteiger partial charge is 0.447 e. The first-order chi connectivity index (χ1) is 9.49. The average Bonchev–Trinajstić information content (AvgIpc) is 2.88. The number of sulfonamides is 1. The van der Waals surface area contributed by atoms with Crippen LogP contribution in [0.15, 0.2) is 21.6 Å². The number of hydrogen-bond donors (Lipinski definition) is 3. The van der Waals surface area contributed by atoms with Crippen molar-refractivity contribution in [3.8, 4) is 0 Å². The second-order valence-corrected chi connectivity index (χ2v) is 6.34. The van der Waals surface area contributed by atoms with Crippen LogP contribution in [0.2, 0.25) is 0 Å². The molecule has 0 fully saturated rings. The second-order valence-electron chi connectivity index (χ2n) is 4.65. The highest BCUT2D eigenvalue weighted by molar-refractivity contribution is 7.89. The predicted octanol–water partition coefficient (Wildman–Crippen LogP) is 1.22. The van der Waals surface area contributed by atoms with Gasteiger partial charge >= 0.3 is 0 Å². The molecular weight excluding hydrogens is 280 g/mol. The van der Waals surface area contributed by atoms with Gasteiger partial charge in [0.1, 0.15) is 5.76 Å². The molecule has 0 aliphatic rings. The Kier molecular flexibility index (Phi) is 7.22. The van der Waals surface area contributed by atoms with E-state index in [-0.39, 0.29) is 11.6 Å². The maximum atomic E-state index is 11.9. The van der Waals surface area contributed by atoms with E-state index in [2.05, 4.69) is 17.0 Å². The van der Waals surface area contributed by atoms with Crippen molar-refractivity contribution in [1.82, 2.24) is 10.0 Å². The van der Waals surface area contributed by atoms with Crippen molar-refractivity contribution in [2.24, 2.45) is 0 Å². The van der Waals surface area contributed by atoms with Crippen molar-refractivity contribution < 1.29 is 17.9 Å². The molecule has 7 heteroatoms. The van der Waals surface area contributed by atoms with E-state index in [4.69, 9.17) is 4.42 Å². The summed E-state index contributed by atoms with van der Waals surface area (Å²) in [6, 6.07) is 3.10. The first kappa shape index (κ1) is 17.2. The molecule has 116 valence electrons. The van der Waals surface area contributed by atoms with Gasteiger partial charge in [0.05, 0.1) is 12.6 Å². The van der Waals surface area contributed by atoms with Gasteiger partial charge in [-0.15, -0.1) is 0 Å². The first-order valence-corrected chi connectivity index (χ1v) is 8.45. The summed E-state index contributed by atoms with van der Waals surface area (Å²) in [6.07, 6.45) is 1.52. The van der Waals surface area contributed by atoms with Gasteiger partial charge in [0, 0.05) is 6.54 Å². The molecule has 0 bridgehead atoms. The number of rotatable bonds is 10. The van der Waals surface area contributed by atoms with Crippen molar-refractivity contribution in [2.45, 2.75) is 50.9 Å². The van der Waals surface area contributed by atoms with Gasteiger partial charge in [-0.2, -0.15) is 0 Å². The zero-order valence-corrected chi connectivity index (χ0v) is 12.9. The fourth-order valence-electron chi connectivity index (χ4n) is 1.62. The van der Waals surface area contributed by atoms with Crippen molar-refractivity contribution in [3.63, 3.8) is 0 Å². The van der Waals surface area contributed by atoms with Gasteiger partial charge in [-0.05, 0) is 37.9 Å². The molecule has 1 atom stereocenters. The zero-order chi connectivity index (χ0) is 15.0. The second kappa shape index (κ2) is 8.41. The molecule has 20 heavy (non-hydrogen) atoms. The molecule has 0 aliphatic carbocycles. The Morgan fingerprint density at radius 3 is 2.70 bits per heavy atom. The maximum Gasteiger partial charge on any atom is 0.273 e. The topological polar surface area (TPSA) is 91.6 Å². The van der Waals surface area contributed by atoms with Crippen LogP contribution in [0, 0.1) is 0 Å². The van der Waals surface area contributed by atoms with Crippen LogP contribution < -0.4 is 10.0 Å². The van der Waals surface area contributed by atoms with E-state index >= 15 is 0 Å². The van der Waals surface area contributed by atoms with E-state index in [0.717, 1.165) is 13.0 Å². The fraction of sp³-hybridized carbons (Fsp3) is 0.692. The van der Waals surface area contributed by atoms with Crippen molar-refractivity contribution in [2.75, 3.05) is 13.1 Å². The Morgan fingerprint density at radius 1 is 1.30 bits per heavy atom. The lowest BCUT2D eigenvalue weighted by Crippen LogP contribution is -2.27. The third-order valence-corrected chi connectivity index (χ3v) is 4.20. The number of nitrogens with one attached hydrogen (secondary N) is 2. The van der Waals surface area contributed by atoms with Crippen LogP contribution in [-0.4, -0.2) is 32.7 Å². The van der Waals surface area contributed by atoms with Crippen LogP contribution in [0.5, 0.6) is 0 Å². The highest BCUT2D eigenvalue weighted by Gasteiger charge is 2.18. The lowest BCUT2D eigenvalue weighted by atomic mass is 10.2. The SMILES string of the molecule is CCCNCc1ccc(S(=O)(=O)NCCC(O)CC)o1. The summed E-state index contributed by atoms with van der Waals surface area (Å²) >= 11 is 0. The minimum atomic E-state index is -3.63. The molecule has 0 aliphatic heterocycles. The smallest absolute Gasteiger partial charge is 0.273 e. The van der Waals surface area contributed by atoms with E-state index in [0.29, 0.717) is 25.1 Å². The molecule has 0 saturated carbocycles. The molecule has 0 amide bonds. The molecule has 0 saturated heterocycles. The van der Waals surface area contributed by atoms with Gasteiger partial charge in [0.15, 0.2) is 0 Å². The molecule has 0 aromatic carbocycles. The third-order valence-electron chi connectivity index (χ3n) is 2.87. The number of furan rings is 1. The van der Waals surface area contributed by atoms with Crippen LogP contribution >= 0.6 is 0 Å². The number of aliphatic hydroxyl groups excluding tert-OH is 1. The molecule has 6 nitrogen and oxygen atoms in total. The summed E-state index contributed by atoms with van der Waals surface area (Å²) in [5, 5.41) is 12.4. The summed E-state index contributed by atoms with van der Waals surface area (Å²) in [6.45, 7) is 5.47. The lowest BCUT2D eigenvalue weighted by Gasteiger charge is -2.08. The molecule has 3 N–H and O–H groups in total. The zero-order valence-electron chi connectivity index (χ0n) is 12.1. The summed E-state index contributed by atoms with van der Waals surface area (Å²) in [7, 11) is -3.63. The Labute approximate surface area is 120 Å². The summed E-state index contributed by atoms with van der Waals surface area (Å²) in [5.74, 6) is 0.590. The average molecular weight is 304 g/mol. The van der Waals surface area contributed by atoms with Crippen LogP contribution in [0.1, 0.15) is 38.9 Å². The molecule has 1 unspecified atom stereocenters. The molecule has 1 aromatic rings. The Balaban J connectivity index is 2.50. The van der Waals surface area contributed by atoms with Gasteiger partial charge < -0.3 is 14.8 Å². The summed E-state index contributed by atoms with van der Waals surface area (Å²) in [4.78, 5) is 0. The Morgan fingerprint density at radius 2 is 2.05 bits per heavy atom. The fourth-order valence-corrected chi connectivity index (χ4v) is 2.61. The molecule has 1 rings (SSSR count). The quantitative estimate of drug-likeness (QED) is 0.565. The number of aliphatic hydroxyl groups is 1. The predicted molar refractivity (Wildman–Crippen MR) is 76.8 cm³/mol. The highest BCUT2D eigenvalue weighted by Crippen LogP contribution is 2.13. The van der Waals surface area contributed by atoms with E-state index in [1.165, 1.54) is 6.07 Å². The monoisotopic (exact) mass is 304 g/mol. The summed E-state index contributed by atoms with van der Waals surface area (Å²) in [5.41, 5.74) is 0. The van der Waals surface area contributed by atoms with E-state index < -0.39 is 16.1 Å². The number of hydrogen-bond acceptors (Lipinski definition) is 5. The minimum Gasteiger partial charge on any atom is -0.447 e. The summed E-state index contributed by atoms with van der Waals surface area (Å²) < 4.78 is 31.6. The standard InChI is InChI=1S/C13H24N2O4S/c1-3-8-14-10-12-5-6-13(19-12)20(17,18)15-9-7-11(16)4-2/h5-6,11,14-16H,3-4,7-10H2,1-2H3. The Hall–Kier alpha value is -0.890. The van der Waals surface area contributed by atoms with Crippen molar-refractivity contribution in [3.05, 3.63) is 17.9 Å². The van der Waals surface area contributed by atoms with Crippen LogP contribution in [0.25, 0.3) is 0 Å². The van der Waals surface area contributed by atoms with E-state index in [1.54, 1.807) is 6.07 Å². The Bertz CT molecular complexity index is 484. The van der Waals surface area contributed by atoms with Gasteiger partial charge in [0.25, 0.3) is 10.0 Å². The van der Waals surface area contributed by atoms with E-state index in [1.807, 2.05) is 6.92 Å². The molecule has 0 radical (unpaired) electrons. The van der Waals surface area contributed by atoms with Crippen molar-refractivity contribution in [1.29, 1.82) is 0 Å². The normalized spacial score (nSPS) is 13.6. The minimum absolute atomic E-state index is 0.0863. The van der Waals surface area contributed by atoms with Crippen LogP contribution in [-0.2, 0) is 16.6 Å². The lowest BCUT2D eigenvalue weighted by molar-refractivity contribution is 0.162. The van der Waals surface area contributed by atoms with Crippen LogP contribution in [0.3, 0.4) is 0 Å². The van der Waals surface area contributed by atoms with E-state index in [9.17, 15) is 13.5 Å². The maximum absolute atomic E-state index is 11.9. The molecule has 0 spiro atoms.